The highest BCUT2D eigenvalue weighted by Gasteiger charge is 2.21. The van der Waals surface area contributed by atoms with Crippen LogP contribution < -0.4 is 15.5 Å². The first-order valence-corrected chi connectivity index (χ1v) is 9.17. The summed E-state index contributed by atoms with van der Waals surface area (Å²) in [7, 11) is 1.59. The average Bonchev–Trinajstić information content (AvgIpc) is 2.72. The summed E-state index contributed by atoms with van der Waals surface area (Å²) in [6.45, 7) is 2.35. The van der Waals surface area contributed by atoms with E-state index < -0.39 is 17.7 Å². The lowest BCUT2D eigenvalue weighted by molar-refractivity contribution is 0.190. The van der Waals surface area contributed by atoms with Gasteiger partial charge >= 0.3 is 6.03 Å². The van der Waals surface area contributed by atoms with Gasteiger partial charge < -0.3 is 15.4 Å². The minimum atomic E-state index is -0.553. The maximum Gasteiger partial charge on any atom is 0.332 e. The molecule has 0 spiro atoms. The molecule has 0 bridgehead atoms. The summed E-state index contributed by atoms with van der Waals surface area (Å²) in [5.74, 6) is -0.279. The van der Waals surface area contributed by atoms with E-state index in [1.165, 1.54) is 59.6 Å². The molecule has 0 radical (unpaired) electrons. The van der Waals surface area contributed by atoms with Crippen LogP contribution in [-0.4, -0.2) is 35.8 Å². The normalized spacial score (nSPS) is 11.6. The molecule has 3 rings (SSSR count). The van der Waals surface area contributed by atoms with Gasteiger partial charge in [0.1, 0.15) is 17.5 Å². The molecule has 9 heteroatoms. The van der Waals surface area contributed by atoms with Crippen molar-refractivity contribution in [1.82, 2.24) is 9.97 Å². The van der Waals surface area contributed by atoms with Crippen LogP contribution in [0.2, 0.25) is 0 Å². The summed E-state index contributed by atoms with van der Waals surface area (Å²) < 4.78 is 31.7. The molecule has 0 fully saturated rings. The number of rotatable bonds is 7. The summed E-state index contributed by atoms with van der Waals surface area (Å²) in [6.07, 6.45) is 1.51. The molecule has 1 atom stereocenters. The Morgan fingerprint density at radius 1 is 1.07 bits per heavy atom. The Hall–Kier alpha value is -3.59. The third-order valence-corrected chi connectivity index (χ3v) is 4.05. The van der Waals surface area contributed by atoms with Gasteiger partial charge in [0.15, 0.2) is 0 Å². The molecule has 1 unspecified atom stereocenters. The van der Waals surface area contributed by atoms with Gasteiger partial charge in [-0.05, 0) is 55.5 Å². The number of ether oxygens (including phenoxy) is 1. The van der Waals surface area contributed by atoms with Gasteiger partial charge in [0.05, 0.1) is 12.3 Å². The first kappa shape index (κ1) is 21.1. The molecule has 1 heterocycles. The van der Waals surface area contributed by atoms with Crippen molar-refractivity contribution in [2.24, 2.45) is 0 Å². The number of hydrogen-bond acceptors (Lipinski definition) is 5. The van der Waals surface area contributed by atoms with Crippen molar-refractivity contribution in [3.8, 4) is 0 Å². The summed E-state index contributed by atoms with van der Waals surface area (Å²) in [6, 6.07) is 11.7. The van der Waals surface area contributed by atoms with Gasteiger partial charge in [0.2, 0.25) is 5.95 Å². The molecule has 0 saturated carbocycles. The van der Waals surface area contributed by atoms with E-state index in [1.54, 1.807) is 13.2 Å². The predicted octanol–water partition coefficient (Wildman–Crippen LogP) is 4.57. The second-order valence-electron chi connectivity index (χ2n) is 6.49. The molecule has 156 valence electrons. The molecule has 0 aliphatic heterocycles. The van der Waals surface area contributed by atoms with Crippen molar-refractivity contribution in [3.05, 3.63) is 72.4 Å². The Bertz CT molecular complexity index is 983. The summed E-state index contributed by atoms with van der Waals surface area (Å²) in [4.78, 5) is 22.9. The minimum absolute atomic E-state index is 0.0578. The Morgan fingerprint density at radius 2 is 1.70 bits per heavy atom. The number of benzene rings is 2. The van der Waals surface area contributed by atoms with Gasteiger partial charge in [-0.25, -0.2) is 23.5 Å². The number of urea groups is 1. The minimum Gasteiger partial charge on any atom is -0.383 e. The topological polar surface area (TPSA) is 79.4 Å². The lowest BCUT2D eigenvalue weighted by Crippen LogP contribution is -2.32. The van der Waals surface area contributed by atoms with Crippen LogP contribution in [0, 0.1) is 11.6 Å². The maximum atomic E-state index is 13.4. The zero-order valence-corrected chi connectivity index (χ0v) is 16.5. The summed E-state index contributed by atoms with van der Waals surface area (Å²) in [5, 5.41) is 5.77. The molecular formula is C21H21F2N5O2. The monoisotopic (exact) mass is 413 g/mol. The maximum absolute atomic E-state index is 13.4. The second-order valence-corrected chi connectivity index (χ2v) is 6.49. The largest absolute Gasteiger partial charge is 0.383 e. The molecule has 2 amide bonds. The van der Waals surface area contributed by atoms with Crippen LogP contribution in [0.25, 0.3) is 0 Å². The summed E-state index contributed by atoms with van der Waals surface area (Å²) in [5.41, 5.74) is 0.792. The van der Waals surface area contributed by atoms with E-state index in [9.17, 15) is 13.6 Å². The fourth-order valence-electron chi connectivity index (χ4n) is 2.71. The number of aromatic nitrogens is 2. The average molecular weight is 413 g/mol. The smallest absolute Gasteiger partial charge is 0.332 e. The third kappa shape index (κ3) is 5.48. The molecule has 0 aliphatic carbocycles. The van der Waals surface area contributed by atoms with E-state index in [0.29, 0.717) is 23.9 Å². The number of methoxy groups -OCH3 is 1. The van der Waals surface area contributed by atoms with E-state index in [2.05, 4.69) is 20.6 Å². The van der Waals surface area contributed by atoms with Crippen LogP contribution in [0.15, 0.2) is 60.8 Å². The number of nitrogens with zero attached hydrogens (tertiary/aromatic N) is 3. The second kappa shape index (κ2) is 9.75. The lowest BCUT2D eigenvalue weighted by Gasteiger charge is -2.23. The SMILES string of the molecule is COCC(C)Nc1nccc(N(C(=O)Nc2ccc(F)cc2)c2ccc(F)cc2)n1. The number of hydrogen-bond donors (Lipinski definition) is 2. The van der Waals surface area contributed by atoms with Crippen LogP contribution >= 0.6 is 0 Å². The molecule has 0 saturated heterocycles. The van der Waals surface area contributed by atoms with E-state index in [0.717, 1.165) is 0 Å². The fourth-order valence-corrected chi connectivity index (χ4v) is 2.71. The Labute approximate surface area is 172 Å². The number of nitrogens with one attached hydrogen (secondary N) is 2. The van der Waals surface area contributed by atoms with E-state index >= 15 is 0 Å². The Kier molecular flexibility index (Phi) is 6.87. The molecule has 0 aliphatic rings. The van der Waals surface area contributed by atoms with Crippen LogP contribution in [0.5, 0.6) is 0 Å². The van der Waals surface area contributed by atoms with Crippen molar-refractivity contribution in [2.45, 2.75) is 13.0 Å². The van der Waals surface area contributed by atoms with Crippen molar-refractivity contribution in [3.63, 3.8) is 0 Å². The van der Waals surface area contributed by atoms with Gasteiger partial charge in [0.25, 0.3) is 0 Å². The number of carbonyl (C=O) groups is 1. The van der Waals surface area contributed by atoms with E-state index in [-0.39, 0.29) is 11.9 Å². The zero-order valence-electron chi connectivity index (χ0n) is 16.5. The van der Waals surface area contributed by atoms with Gasteiger partial charge in [-0.3, -0.25) is 0 Å². The van der Waals surface area contributed by atoms with Crippen molar-refractivity contribution >= 4 is 29.2 Å². The number of halogens is 2. The van der Waals surface area contributed by atoms with Crippen LogP contribution in [0.3, 0.4) is 0 Å². The molecule has 2 aromatic carbocycles. The lowest BCUT2D eigenvalue weighted by atomic mass is 10.2. The van der Waals surface area contributed by atoms with E-state index in [4.69, 9.17) is 4.74 Å². The fraction of sp³-hybridized carbons (Fsp3) is 0.190. The molecule has 3 aromatic rings. The Balaban J connectivity index is 1.92. The van der Waals surface area contributed by atoms with Gasteiger partial charge in [-0.1, -0.05) is 0 Å². The van der Waals surface area contributed by atoms with Gasteiger partial charge in [0, 0.05) is 31.1 Å². The highest BCUT2D eigenvalue weighted by molar-refractivity contribution is 6.06. The first-order chi connectivity index (χ1) is 14.5. The van der Waals surface area contributed by atoms with Crippen molar-refractivity contribution in [1.29, 1.82) is 0 Å². The zero-order chi connectivity index (χ0) is 21.5. The predicted molar refractivity (Wildman–Crippen MR) is 111 cm³/mol. The van der Waals surface area contributed by atoms with Crippen molar-refractivity contribution < 1.29 is 18.3 Å². The Morgan fingerprint density at radius 3 is 2.33 bits per heavy atom. The van der Waals surface area contributed by atoms with Crippen molar-refractivity contribution in [2.75, 3.05) is 29.3 Å². The number of carbonyl (C=O) groups excluding carboxylic acids is 1. The van der Waals surface area contributed by atoms with E-state index in [1.807, 2.05) is 6.92 Å². The molecule has 2 N–H and O–H groups in total. The number of anilines is 4. The first-order valence-electron chi connectivity index (χ1n) is 9.17. The molecule has 30 heavy (non-hydrogen) atoms. The standard InChI is InChI=1S/C21H21F2N5O2/c1-14(13-30-2)25-20-24-12-11-19(27-20)28(18-9-5-16(23)6-10-18)21(29)26-17-7-3-15(22)4-8-17/h3-12,14H,13H2,1-2H3,(H,26,29)(H,24,25,27). The molecule has 1 aromatic heterocycles. The number of amides is 2. The molecular weight excluding hydrogens is 392 g/mol. The van der Waals surface area contributed by atoms with Crippen LogP contribution in [-0.2, 0) is 4.74 Å². The molecule has 7 nitrogen and oxygen atoms in total. The highest BCUT2D eigenvalue weighted by atomic mass is 19.1. The third-order valence-electron chi connectivity index (χ3n) is 4.05. The van der Waals surface area contributed by atoms with Gasteiger partial charge in [-0.2, -0.15) is 4.98 Å². The van der Waals surface area contributed by atoms with Crippen LogP contribution in [0.4, 0.5) is 36.7 Å². The highest BCUT2D eigenvalue weighted by Crippen LogP contribution is 2.26. The van der Waals surface area contributed by atoms with Crippen LogP contribution in [0.1, 0.15) is 6.92 Å². The van der Waals surface area contributed by atoms with Gasteiger partial charge in [-0.15, -0.1) is 0 Å². The quantitative estimate of drug-likeness (QED) is 0.593. The summed E-state index contributed by atoms with van der Waals surface area (Å²) >= 11 is 0.